The van der Waals surface area contributed by atoms with Gasteiger partial charge in [-0.1, -0.05) is 0 Å². The van der Waals surface area contributed by atoms with E-state index in [0.29, 0.717) is 0 Å². The second-order valence-corrected chi connectivity index (χ2v) is 2.41. The van der Waals surface area contributed by atoms with Crippen molar-refractivity contribution in [3.63, 3.8) is 0 Å². The molecular formula is C6H10ClN3. The van der Waals surface area contributed by atoms with Crippen molar-refractivity contribution >= 4 is 12.4 Å². The summed E-state index contributed by atoms with van der Waals surface area (Å²) in [5.74, 6) is 0. The highest BCUT2D eigenvalue weighted by Crippen LogP contribution is 2.21. The minimum Gasteiger partial charge on any atom is -0.333 e. The van der Waals surface area contributed by atoms with Crippen molar-refractivity contribution in [3.05, 3.63) is 18.2 Å². The van der Waals surface area contributed by atoms with E-state index in [1.165, 1.54) is 5.69 Å². The van der Waals surface area contributed by atoms with Crippen molar-refractivity contribution in [2.24, 2.45) is 5.73 Å². The van der Waals surface area contributed by atoms with Gasteiger partial charge in [0.25, 0.3) is 0 Å². The monoisotopic (exact) mass is 159 g/mol. The van der Waals surface area contributed by atoms with Gasteiger partial charge in [0.05, 0.1) is 12.0 Å². The molecule has 0 aromatic carbocycles. The second-order valence-electron chi connectivity index (χ2n) is 2.41. The molecular weight excluding hydrogens is 150 g/mol. The Labute approximate surface area is 65.7 Å². The molecule has 1 aliphatic heterocycles. The van der Waals surface area contributed by atoms with Gasteiger partial charge in [0.1, 0.15) is 0 Å². The quantitative estimate of drug-likeness (QED) is 0.606. The summed E-state index contributed by atoms with van der Waals surface area (Å²) in [7, 11) is 0. The van der Waals surface area contributed by atoms with Gasteiger partial charge in [0.15, 0.2) is 0 Å². The van der Waals surface area contributed by atoms with E-state index in [2.05, 4.69) is 9.55 Å². The molecule has 4 heteroatoms. The Hall–Kier alpha value is -0.540. The van der Waals surface area contributed by atoms with E-state index in [1.54, 1.807) is 0 Å². The van der Waals surface area contributed by atoms with Crippen LogP contribution >= 0.6 is 12.4 Å². The van der Waals surface area contributed by atoms with E-state index >= 15 is 0 Å². The molecule has 2 heterocycles. The molecule has 3 nitrogen and oxygen atoms in total. The van der Waals surface area contributed by atoms with Crippen LogP contribution < -0.4 is 5.73 Å². The van der Waals surface area contributed by atoms with Crippen LogP contribution in [0, 0.1) is 0 Å². The SMILES string of the molecule is Cl.NC1CCn2cncc21. The molecule has 1 unspecified atom stereocenters. The first-order valence-corrected chi connectivity index (χ1v) is 3.13. The van der Waals surface area contributed by atoms with Crippen molar-refractivity contribution in [1.82, 2.24) is 9.55 Å². The lowest BCUT2D eigenvalue weighted by Gasteiger charge is -1.95. The highest BCUT2D eigenvalue weighted by atomic mass is 35.5. The fourth-order valence-corrected chi connectivity index (χ4v) is 1.25. The summed E-state index contributed by atoms with van der Waals surface area (Å²) in [6.07, 6.45) is 4.75. The number of nitrogens with two attached hydrogens (primary N) is 1. The molecule has 56 valence electrons. The summed E-state index contributed by atoms with van der Waals surface area (Å²) >= 11 is 0. The molecule has 1 aromatic heterocycles. The molecule has 0 spiro atoms. The first kappa shape index (κ1) is 7.57. The van der Waals surface area contributed by atoms with Crippen LogP contribution in [0.1, 0.15) is 18.2 Å². The van der Waals surface area contributed by atoms with Gasteiger partial charge in [-0.05, 0) is 6.42 Å². The summed E-state index contributed by atoms with van der Waals surface area (Å²) in [5.41, 5.74) is 6.91. The Morgan fingerprint density at radius 3 is 3.20 bits per heavy atom. The smallest absolute Gasteiger partial charge is 0.0948 e. The number of rotatable bonds is 0. The molecule has 0 radical (unpaired) electrons. The lowest BCUT2D eigenvalue weighted by molar-refractivity contribution is 0.678. The van der Waals surface area contributed by atoms with Crippen LogP contribution in [0.5, 0.6) is 0 Å². The van der Waals surface area contributed by atoms with Gasteiger partial charge in [0.2, 0.25) is 0 Å². The zero-order valence-electron chi connectivity index (χ0n) is 5.53. The van der Waals surface area contributed by atoms with Gasteiger partial charge in [-0.3, -0.25) is 0 Å². The van der Waals surface area contributed by atoms with E-state index in [0.717, 1.165) is 13.0 Å². The molecule has 1 atom stereocenters. The van der Waals surface area contributed by atoms with Gasteiger partial charge in [-0.15, -0.1) is 12.4 Å². The van der Waals surface area contributed by atoms with E-state index in [-0.39, 0.29) is 18.4 Å². The summed E-state index contributed by atoms with van der Waals surface area (Å²) in [4.78, 5) is 3.98. The molecule has 0 saturated carbocycles. The van der Waals surface area contributed by atoms with Gasteiger partial charge in [0, 0.05) is 18.8 Å². The van der Waals surface area contributed by atoms with Crippen LogP contribution in [-0.4, -0.2) is 9.55 Å². The Balaban J connectivity index is 0.000000500. The van der Waals surface area contributed by atoms with Crippen LogP contribution in [-0.2, 0) is 6.54 Å². The molecule has 0 fully saturated rings. The third kappa shape index (κ3) is 0.914. The van der Waals surface area contributed by atoms with Gasteiger partial charge in [-0.25, -0.2) is 4.98 Å². The van der Waals surface area contributed by atoms with Crippen molar-refractivity contribution in [1.29, 1.82) is 0 Å². The first-order valence-electron chi connectivity index (χ1n) is 3.13. The standard InChI is InChI=1S/C6H9N3.ClH/c7-5-1-2-9-4-8-3-6(5)9;/h3-5H,1-2,7H2;1H. The van der Waals surface area contributed by atoms with Gasteiger partial charge >= 0.3 is 0 Å². The fourth-order valence-electron chi connectivity index (χ4n) is 1.25. The Morgan fingerprint density at radius 1 is 1.70 bits per heavy atom. The van der Waals surface area contributed by atoms with E-state index in [9.17, 15) is 0 Å². The Morgan fingerprint density at radius 2 is 2.50 bits per heavy atom. The van der Waals surface area contributed by atoms with Crippen LogP contribution in [0.4, 0.5) is 0 Å². The fraction of sp³-hybridized carbons (Fsp3) is 0.500. The van der Waals surface area contributed by atoms with Crippen molar-refractivity contribution in [2.75, 3.05) is 0 Å². The topological polar surface area (TPSA) is 43.8 Å². The molecule has 2 N–H and O–H groups in total. The summed E-state index contributed by atoms with van der Waals surface area (Å²) in [5, 5.41) is 0. The number of hydrogen-bond donors (Lipinski definition) is 1. The second kappa shape index (κ2) is 2.60. The van der Waals surface area contributed by atoms with Crippen molar-refractivity contribution < 1.29 is 0 Å². The molecule has 10 heavy (non-hydrogen) atoms. The van der Waals surface area contributed by atoms with E-state index < -0.39 is 0 Å². The highest BCUT2D eigenvalue weighted by Gasteiger charge is 2.17. The minimum atomic E-state index is 0. The van der Waals surface area contributed by atoms with Gasteiger partial charge in [-0.2, -0.15) is 0 Å². The summed E-state index contributed by atoms with van der Waals surface area (Å²) in [6, 6.07) is 0.229. The predicted molar refractivity (Wildman–Crippen MR) is 41.0 cm³/mol. The zero-order valence-corrected chi connectivity index (χ0v) is 6.34. The first-order chi connectivity index (χ1) is 4.38. The average molecular weight is 160 g/mol. The normalized spacial score (nSPS) is 21.9. The van der Waals surface area contributed by atoms with Crippen LogP contribution in [0.2, 0.25) is 0 Å². The molecule has 0 amide bonds. The summed E-state index contributed by atoms with van der Waals surface area (Å²) in [6.45, 7) is 1.04. The number of hydrogen-bond acceptors (Lipinski definition) is 2. The minimum absolute atomic E-state index is 0. The number of halogens is 1. The van der Waals surface area contributed by atoms with Crippen LogP contribution in [0.25, 0.3) is 0 Å². The van der Waals surface area contributed by atoms with E-state index in [1.807, 2.05) is 12.5 Å². The van der Waals surface area contributed by atoms with E-state index in [4.69, 9.17) is 5.73 Å². The highest BCUT2D eigenvalue weighted by molar-refractivity contribution is 5.85. The maximum atomic E-state index is 5.73. The number of fused-ring (bicyclic) bond motifs is 1. The van der Waals surface area contributed by atoms with Crippen LogP contribution in [0.3, 0.4) is 0 Å². The molecule has 0 aliphatic carbocycles. The number of aryl methyl sites for hydroxylation is 1. The van der Waals surface area contributed by atoms with Gasteiger partial charge < -0.3 is 10.3 Å². The largest absolute Gasteiger partial charge is 0.333 e. The van der Waals surface area contributed by atoms with Crippen molar-refractivity contribution in [3.8, 4) is 0 Å². The molecule has 0 bridgehead atoms. The Bertz CT molecular complexity index is 221. The molecule has 2 rings (SSSR count). The molecule has 1 aliphatic rings. The maximum Gasteiger partial charge on any atom is 0.0948 e. The lowest BCUT2D eigenvalue weighted by atomic mass is 10.2. The summed E-state index contributed by atoms with van der Waals surface area (Å²) < 4.78 is 2.10. The third-order valence-electron chi connectivity index (χ3n) is 1.81. The molecule has 1 aromatic rings. The van der Waals surface area contributed by atoms with Crippen LogP contribution in [0.15, 0.2) is 12.5 Å². The Kier molecular flexibility index (Phi) is 1.97. The zero-order chi connectivity index (χ0) is 6.27. The predicted octanol–water partition coefficient (Wildman–Crippen LogP) is 0.708. The third-order valence-corrected chi connectivity index (χ3v) is 1.81. The maximum absolute atomic E-state index is 5.73. The number of imidazole rings is 1. The number of nitrogens with zero attached hydrogens (tertiary/aromatic N) is 2. The average Bonchev–Trinajstić information content (AvgIpc) is 2.35. The lowest BCUT2D eigenvalue weighted by Crippen LogP contribution is -2.04. The molecule has 0 saturated heterocycles. The number of aromatic nitrogens is 2. The van der Waals surface area contributed by atoms with Crippen molar-refractivity contribution in [2.45, 2.75) is 19.0 Å².